The lowest BCUT2D eigenvalue weighted by Crippen LogP contribution is -2.67. The van der Waals surface area contributed by atoms with E-state index in [2.05, 4.69) is 48.1 Å². The summed E-state index contributed by atoms with van der Waals surface area (Å²) in [6.07, 6.45) is -2.28. The average Bonchev–Trinajstić information content (AvgIpc) is 1.64. The number of allylic oxidation sites excluding steroid dienone is 1. The van der Waals surface area contributed by atoms with Crippen molar-refractivity contribution >= 4 is 35.8 Å². The molecule has 6 aromatic carbocycles. The van der Waals surface area contributed by atoms with E-state index in [9.17, 15) is 28.8 Å². The number of carbonyl (C=O) groups excluding carboxylic acids is 6. The topological polar surface area (TPSA) is 195 Å². The molecule has 7 fully saturated rings. The highest BCUT2D eigenvalue weighted by molar-refractivity contribution is 5.93. The van der Waals surface area contributed by atoms with Crippen molar-refractivity contribution < 1.29 is 76.1 Å². The average molecular weight is 1350 g/mol. The van der Waals surface area contributed by atoms with Gasteiger partial charge in [-0.1, -0.05) is 156 Å². The van der Waals surface area contributed by atoms with Gasteiger partial charge in [-0.3, -0.25) is 0 Å². The van der Waals surface area contributed by atoms with Crippen LogP contribution in [-0.2, 0) is 47.4 Å². The molecule has 520 valence electrons. The fourth-order valence-electron chi connectivity index (χ4n) is 19.5. The molecule has 0 aromatic heterocycles. The first kappa shape index (κ1) is 69.2. The lowest BCUT2D eigenvalue weighted by molar-refractivity contribution is -0.325. The van der Waals surface area contributed by atoms with Crippen molar-refractivity contribution in [1.82, 2.24) is 0 Å². The van der Waals surface area contributed by atoms with Crippen molar-refractivity contribution in [2.75, 3.05) is 13.2 Å². The summed E-state index contributed by atoms with van der Waals surface area (Å²) in [5.41, 5.74) is 1.81. The molecule has 0 radical (unpaired) electrons. The van der Waals surface area contributed by atoms with Crippen LogP contribution >= 0.6 is 0 Å². The minimum absolute atomic E-state index is 0.0634. The smallest absolute Gasteiger partial charge is 0.338 e. The number of ether oxygens (including phenoxy) is 10. The number of esters is 6. The molecule has 0 spiro atoms. The maximum atomic E-state index is 14.4. The number of hydrogen-bond donors (Lipinski definition) is 0. The predicted molar refractivity (Wildman–Crippen MR) is 368 cm³/mol. The summed E-state index contributed by atoms with van der Waals surface area (Å²) >= 11 is 0. The van der Waals surface area contributed by atoms with Crippen molar-refractivity contribution in [3.63, 3.8) is 0 Å². The molecule has 0 N–H and O–H groups in total. The minimum atomic E-state index is -1.37. The van der Waals surface area contributed by atoms with Crippen molar-refractivity contribution in [3.05, 3.63) is 228 Å². The summed E-state index contributed by atoms with van der Waals surface area (Å²) in [4.78, 5) is 84.9. The van der Waals surface area contributed by atoms with Gasteiger partial charge in [0.05, 0.1) is 58.8 Å². The van der Waals surface area contributed by atoms with Crippen LogP contribution in [0.1, 0.15) is 175 Å². The first-order valence-corrected chi connectivity index (χ1v) is 35.4. The van der Waals surface area contributed by atoms with E-state index in [4.69, 9.17) is 47.4 Å². The van der Waals surface area contributed by atoms with Crippen LogP contribution in [0.3, 0.4) is 0 Å². The van der Waals surface area contributed by atoms with Crippen molar-refractivity contribution in [2.24, 2.45) is 56.7 Å². The van der Waals surface area contributed by atoms with Crippen molar-refractivity contribution in [3.8, 4) is 0 Å². The van der Waals surface area contributed by atoms with Crippen LogP contribution in [0.5, 0.6) is 0 Å². The highest BCUT2D eigenvalue weighted by atomic mass is 16.7. The zero-order valence-electron chi connectivity index (χ0n) is 57.7. The van der Waals surface area contributed by atoms with E-state index in [1.54, 1.807) is 189 Å². The lowest BCUT2D eigenvalue weighted by atomic mass is 9.32. The van der Waals surface area contributed by atoms with E-state index in [0.29, 0.717) is 23.8 Å². The maximum Gasteiger partial charge on any atom is 0.338 e. The van der Waals surface area contributed by atoms with Crippen LogP contribution in [-0.4, -0.2) is 110 Å². The van der Waals surface area contributed by atoms with Gasteiger partial charge in [-0.05, 0) is 208 Å². The summed E-state index contributed by atoms with van der Waals surface area (Å²) in [5, 5.41) is 0. The van der Waals surface area contributed by atoms with E-state index in [1.807, 2.05) is 0 Å². The van der Waals surface area contributed by atoms with Gasteiger partial charge in [0.25, 0.3) is 0 Å². The van der Waals surface area contributed by atoms with Gasteiger partial charge in [-0.2, -0.15) is 0 Å². The molecule has 0 amide bonds. The molecule has 19 atom stereocenters. The predicted octanol–water partition coefficient (Wildman–Crippen LogP) is 15.5. The van der Waals surface area contributed by atoms with E-state index in [1.165, 1.54) is 0 Å². The maximum absolute atomic E-state index is 14.4. The van der Waals surface area contributed by atoms with Gasteiger partial charge in [0, 0.05) is 0 Å². The molecule has 7 aliphatic rings. The summed E-state index contributed by atoms with van der Waals surface area (Å²) < 4.78 is 65.9. The minimum Gasteiger partial charge on any atom is -0.452 e. The van der Waals surface area contributed by atoms with Gasteiger partial charge in [0.1, 0.15) is 0 Å². The van der Waals surface area contributed by atoms with Gasteiger partial charge in [0.2, 0.25) is 0 Å². The van der Waals surface area contributed by atoms with Gasteiger partial charge >= 0.3 is 35.8 Å². The largest absolute Gasteiger partial charge is 0.452 e. The fourth-order valence-corrected chi connectivity index (χ4v) is 19.5. The van der Waals surface area contributed by atoms with Crippen molar-refractivity contribution in [2.45, 2.75) is 174 Å². The Hall–Kier alpha value is -8.28. The van der Waals surface area contributed by atoms with Crippen LogP contribution < -0.4 is 0 Å². The highest BCUT2D eigenvalue weighted by Crippen LogP contribution is 2.78. The Kier molecular flexibility index (Phi) is 19.8. The zero-order chi connectivity index (χ0) is 69.4. The van der Waals surface area contributed by atoms with Crippen LogP contribution in [0.2, 0.25) is 0 Å². The second-order valence-corrected chi connectivity index (χ2v) is 30.2. The monoisotopic (exact) mass is 1340 g/mol. The molecule has 2 aliphatic heterocycles. The first-order valence-electron chi connectivity index (χ1n) is 35.4. The second kappa shape index (κ2) is 28.4. The SMILES string of the molecule is C=C(C)[C@@H]1CC[C@]2(CO[C@@H]3OC[C@H](OC(=O)c4ccccc4)[C@H](OC(=O)c4ccccc4)[C@H]3OC(=O)c3ccccc3)CC[C@]3(C)[C@H](CC[C@@H]4[C@@]5(C)CC[C@H](O[C@@H]6O[C@@H](C)[C@H](OC(=O)c7ccccc7)[C@@H](OC(=O)c7ccccc7)[C@H]6OC(=O)c6ccccc6)C(C)(C)[C@@H]5CC[C@]43C)[C@@H]12. The molecular weight excluding hydrogens is 1250 g/mol. The summed E-state index contributed by atoms with van der Waals surface area (Å²) in [6.45, 7) is 21.0. The third kappa shape index (κ3) is 13.3. The van der Waals surface area contributed by atoms with E-state index >= 15 is 0 Å². The van der Waals surface area contributed by atoms with Crippen LogP contribution in [0.4, 0.5) is 0 Å². The van der Waals surface area contributed by atoms with Gasteiger partial charge in [-0.25, -0.2) is 28.8 Å². The Morgan fingerprint density at radius 3 is 1.35 bits per heavy atom. The third-order valence-electron chi connectivity index (χ3n) is 24.7. The van der Waals surface area contributed by atoms with Crippen LogP contribution in [0, 0.1) is 56.7 Å². The number of benzene rings is 6. The molecule has 0 unspecified atom stereocenters. The molecule has 2 heterocycles. The Balaban J connectivity index is 0.762. The lowest BCUT2D eigenvalue weighted by Gasteiger charge is -2.73. The summed E-state index contributed by atoms with van der Waals surface area (Å²) in [6, 6.07) is 51.3. The van der Waals surface area contributed by atoms with E-state index in [0.717, 1.165) is 63.4 Å². The summed E-state index contributed by atoms with van der Waals surface area (Å²) in [7, 11) is 0. The Labute approximate surface area is 580 Å². The summed E-state index contributed by atoms with van der Waals surface area (Å²) in [5.74, 6) is -2.74. The molecule has 5 aliphatic carbocycles. The van der Waals surface area contributed by atoms with Gasteiger partial charge in [0.15, 0.2) is 49.2 Å². The third-order valence-corrected chi connectivity index (χ3v) is 24.7. The van der Waals surface area contributed by atoms with E-state index < -0.39 is 103 Å². The van der Waals surface area contributed by atoms with Gasteiger partial charge < -0.3 is 47.4 Å². The zero-order valence-corrected chi connectivity index (χ0v) is 57.7. The Bertz CT molecular complexity index is 3870. The molecule has 2 saturated heterocycles. The molecular formula is C83H92O16. The molecule has 5 saturated carbocycles. The normalized spacial score (nSPS) is 34.2. The van der Waals surface area contributed by atoms with Crippen LogP contribution in [0.25, 0.3) is 0 Å². The standard InChI is InChI=1S/C83H92O16/c1-51(2)59-41-46-83(50-91-77-69(98-75(88)57-35-23-13-24-36-57)67(96-73(86)55-31-19-11-20-32-55)61(49-90-77)93-71(84)53-27-15-9-16-28-53)48-47-81(7)60(65(59)83)39-40-63-80(6)44-43-64(79(4,5)62(80)42-45-82(63,81)8)94-78-70(99-76(89)58-37-25-14-26-38-58)68(97-74(87)56-33-21-12-22-34-56)66(52(3)92-78)95-72(85)54-29-17-10-18-30-54/h9-38,52,59-70,77-78H,1,39-50H2,2-8H3/t52-,59-,60+,61-,62-,63+,64-,65+,66-,67-,68+,69+,70+,77-,78-,80-,81+,82+,83+/m0/s1. The molecule has 16 heteroatoms. The van der Waals surface area contributed by atoms with Crippen molar-refractivity contribution in [1.29, 1.82) is 0 Å². The molecule has 16 nitrogen and oxygen atoms in total. The number of rotatable bonds is 18. The number of hydrogen-bond acceptors (Lipinski definition) is 16. The second-order valence-electron chi connectivity index (χ2n) is 30.2. The molecule has 0 bridgehead atoms. The number of fused-ring (bicyclic) bond motifs is 7. The quantitative estimate of drug-likeness (QED) is 0.0341. The molecule has 6 aromatic rings. The first-order chi connectivity index (χ1) is 47.6. The molecule has 13 rings (SSSR count). The van der Waals surface area contributed by atoms with E-state index in [-0.39, 0.29) is 80.4 Å². The highest BCUT2D eigenvalue weighted by Gasteiger charge is 2.72. The Morgan fingerprint density at radius 2 is 0.879 bits per heavy atom. The Morgan fingerprint density at radius 1 is 0.444 bits per heavy atom. The molecule has 99 heavy (non-hydrogen) atoms. The van der Waals surface area contributed by atoms with Gasteiger partial charge in [-0.15, -0.1) is 0 Å². The van der Waals surface area contributed by atoms with Crippen LogP contribution in [0.15, 0.2) is 194 Å². The number of carbonyl (C=O) groups is 6. The fraction of sp³-hybridized carbons (Fsp3) is 0.470.